The Morgan fingerprint density at radius 1 is 0.844 bits per heavy atom. The normalized spacial score (nSPS) is 11.1. The maximum atomic E-state index is 12.8. The molecule has 1 amide bonds. The van der Waals surface area contributed by atoms with Crippen molar-refractivity contribution in [3.05, 3.63) is 82.9 Å². The molecule has 3 aromatic carbocycles. The van der Waals surface area contributed by atoms with Gasteiger partial charge < -0.3 is 10.1 Å². The molecule has 0 aliphatic rings. The molecule has 0 bridgehead atoms. The summed E-state index contributed by atoms with van der Waals surface area (Å²) in [6, 6.07) is 17.6. The highest BCUT2D eigenvalue weighted by Gasteiger charge is 2.16. The van der Waals surface area contributed by atoms with Gasteiger partial charge in [-0.25, -0.2) is 8.42 Å². The molecule has 0 saturated heterocycles. The van der Waals surface area contributed by atoms with Gasteiger partial charge in [0.05, 0.1) is 4.90 Å². The van der Waals surface area contributed by atoms with E-state index in [1.54, 1.807) is 25.1 Å². The number of carbonyl (C=O) groups is 1. The number of nitrogens with one attached hydrogen (secondary N) is 2. The van der Waals surface area contributed by atoms with Gasteiger partial charge in [0, 0.05) is 11.4 Å². The fourth-order valence-electron chi connectivity index (χ4n) is 3.13. The van der Waals surface area contributed by atoms with Crippen LogP contribution in [0.2, 0.25) is 0 Å². The molecule has 3 rings (SSSR count). The fourth-order valence-corrected chi connectivity index (χ4v) is 4.27. The van der Waals surface area contributed by atoms with Gasteiger partial charge in [0.1, 0.15) is 5.75 Å². The van der Waals surface area contributed by atoms with Crippen molar-refractivity contribution in [2.24, 2.45) is 0 Å². The minimum atomic E-state index is -3.74. The summed E-state index contributed by atoms with van der Waals surface area (Å²) in [5.74, 6) is 0.161. The summed E-state index contributed by atoms with van der Waals surface area (Å²) < 4.78 is 33.7. The van der Waals surface area contributed by atoms with E-state index in [0.717, 1.165) is 17.5 Å². The van der Waals surface area contributed by atoms with Gasteiger partial charge in [-0.15, -0.1) is 0 Å². The van der Waals surface area contributed by atoms with Crippen LogP contribution in [0.15, 0.2) is 65.6 Å². The molecule has 32 heavy (non-hydrogen) atoms. The molecule has 0 radical (unpaired) electrons. The average Bonchev–Trinajstić information content (AvgIpc) is 2.75. The quantitative estimate of drug-likeness (QED) is 0.504. The van der Waals surface area contributed by atoms with Crippen molar-refractivity contribution in [2.45, 2.75) is 39.0 Å². The highest BCUT2D eigenvalue weighted by atomic mass is 32.2. The molecule has 0 unspecified atom stereocenters. The Labute approximate surface area is 189 Å². The van der Waals surface area contributed by atoms with Gasteiger partial charge in [0.25, 0.3) is 15.9 Å². The van der Waals surface area contributed by atoms with Crippen molar-refractivity contribution in [3.63, 3.8) is 0 Å². The number of benzene rings is 3. The summed E-state index contributed by atoms with van der Waals surface area (Å²) in [5, 5.41) is 2.78. The number of amides is 1. The highest BCUT2D eigenvalue weighted by molar-refractivity contribution is 7.92. The number of carbonyl (C=O) groups excluding carboxylic acids is 1. The molecule has 7 heteroatoms. The second-order valence-electron chi connectivity index (χ2n) is 7.72. The SMILES string of the molecule is CCc1ccc(NC(=O)COc2ccc(S(=O)(=O)Nc3ccc(C)c(C)c3)cc2C)cc1. The van der Waals surface area contributed by atoms with Gasteiger partial charge >= 0.3 is 0 Å². The average molecular weight is 453 g/mol. The van der Waals surface area contributed by atoms with E-state index in [4.69, 9.17) is 4.74 Å². The molecular formula is C25H28N2O4S. The summed E-state index contributed by atoms with van der Waals surface area (Å²) >= 11 is 0. The zero-order chi connectivity index (χ0) is 23.3. The number of anilines is 2. The van der Waals surface area contributed by atoms with Crippen LogP contribution in [0.3, 0.4) is 0 Å². The molecule has 168 valence electrons. The van der Waals surface area contributed by atoms with Gasteiger partial charge in [-0.2, -0.15) is 0 Å². The van der Waals surface area contributed by atoms with E-state index in [9.17, 15) is 13.2 Å². The second-order valence-corrected chi connectivity index (χ2v) is 9.40. The lowest BCUT2D eigenvalue weighted by Crippen LogP contribution is -2.20. The van der Waals surface area contributed by atoms with Crippen LogP contribution in [0, 0.1) is 20.8 Å². The molecule has 0 saturated carbocycles. The van der Waals surface area contributed by atoms with E-state index in [1.807, 2.05) is 44.2 Å². The number of ether oxygens (including phenoxy) is 1. The minimum absolute atomic E-state index is 0.126. The van der Waals surface area contributed by atoms with Gasteiger partial charge in [-0.3, -0.25) is 9.52 Å². The van der Waals surface area contributed by atoms with Gasteiger partial charge in [0.15, 0.2) is 6.61 Å². The highest BCUT2D eigenvalue weighted by Crippen LogP contribution is 2.24. The van der Waals surface area contributed by atoms with Gasteiger partial charge in [0.2, 0.25) is 0 Å². The summed E-state index contributed by atoms with van der Waals surface area (Å²) in [6.45, 7) is 7.53. The zero-order valence-electron chi connectivity index (χ0n) is 18.7. The molecular weight excluding hydrogens is 424 g/mol. The number of sulfonamides is 1. The molecule has 0 aliphatic carbocycles. The molecule has 0 atom stereocenters. The van der Waals surface area contributed by atoms with Crippen LogP contribution in [0.5, 0.6) is 5.75 Å². The molecule has 0 fully saturated rings. The second kappa shape index (κ2) is 9.87. The zero-order valence-corrected chi connectivity index (χ0v) is 19.5. The standard InChI is InChI=1S/C25H28N2O4S/c1-5-20-7-10-21(11-8-20)26-25(28)16-31-24-13-12-23(15-19(24)4)32(29,30)27-22-9-6-17(2)18(3)14-22/h6-15,27H,5,16H2,1-4H3,(H,26,28). The Kier molecular flexibility index (Phi) is 7.20. The van der Waals surface area contributed by atoms with E-state index in [2.05, 4.69) is 17.0 Å². The van der Waals surface area contributed by atoms with Gasteiger partial charge in [-0.1, -0.05) is 25.1 Å². The third kappa shape index (κ3) is 5.88. The summed E-state index contributed by atoms with van der Waals surface area (Å²) in [7, 11) is -3.74. The smallest absolute Gasteiger partial charge is 0.262 e. The van der Waals surface area contributed by atoms with Crippen LogP contribution in [0.1, 0.15) is 29.2 Å². The van der Waals surface area contributed by atoms with Crippen molar-refractivity contribution < 1.29 is 17.9 Å². The first-order chi connectivity index (χ1) is 15.2. The molecule has 0 spiro atoms. The third-order valence-electron chi connectivity index (χ3n) is 5.22. The Morgan fingerprint density at radius 2 is 1.53 bits per heavy atom. The summed E-state index contributed by atoms with van der Waals surface area (Å²) in [6.07, 6.45) is 0.933. The molecule has 6 nitrogen and oxygen atoms in total. The monoisotopic (exact) mass is 452 g/mol. The largest absolute Gasteiger partial charge is 0.483 e. The van der Waals surface area contributed by atoms with E-state index in [-0.39, 0.29) is 17.4 Å². The van der Waals surface area contributed by atoms with E-state index in [0.29, 0.717) is 22.7 Å². The van der Waals surface area contributed by atoms with Crippen LogP contribution in [-0.4, -0.2) is 20.9 Å². The van der Waals surface area contributed by atoms with Gasteiger partial charge in [-0.05, 0) is 91.9 Å². The maximum Gasteiger partial charge on any atom is 0.262 e. The Hall–Kier alpha value is -3.32. The lowest BCUT2D eigenvalue weighted by molar-refractivity contribution is -0.118. The fraction of sp³-hybridized carbons (Fsp3) is 0.240. The lowest BCUT2D eigenvalue weighted by atomic mass is 10.1. The first-order valence-electron chi connectivity index (χ1n) is 10.4. The molecule has 0 aromatic heterocycles. The van der Waals surface area contributed by atoms with Crippen molar-refractivity contribution >= 4 is 27.3 Å². The molecule has 2 N–H and O–H groups in total. The molecule has 3 aromatic rings. The number of hydrogen-bond acceptors (Lipinski definition) is 4. The van der Waals surface area contributed by atoms with Crippen molar-refractivity contribution in [2.75, 3.05) is 16.6 Å². The number of hydrogen-bond donors (Lipinski definition) is 2. The van der Waals surface area contributed by atoms with E-state index in [1.165, 1.54) is 17.7 Å². The Morgan fingerprint density at radius 3 is 2.16 bits per heavy atom. The van der Waals surface area contributed by atoms with Crippen LogP contribution in [0.4, 0.5) is 11.4 Å². The number of aryl methyl sites for hydroxylation is 4. The Balaban J connectivity index is 1.63. The number of rotatable bonds is 8. The van der Waals surface area contributed by atoms with E-state index < -0.39 is 10.0 Å². The summed E-state index contributed by atoms with van der Waals surface area (Å²) in [5.41, 5.74) is 5.11. The minimum Gasteiger partial charge on any atom is -0.483 e. The van der Waals surface area contributed by atoms with Crippen molar-refractivity contribution in [1.82, 2.24) is 0 Å². The van der Waals surface area contributed by atoms with Crippen LogP contribution in [-0.2, 0) is 21.2 Å². The van der Waals surface area contributed by atoms with Crippen LogP contribution in [0.25, 0.3) is 0 Å². The molecule has 0 aliphatic heterocycles. The van der Waals surface area contributed by atoms with Crippen molar-refractivity contribution in [3.8, 4) is 5.75 Å². The topological polar surface area (TPSA) is 84.5 Å². The first kappa shape index (κ1) is 23.3. The predicted octanol–water partition coefficient (Wildman–Crippen LogP) is 4.99. The van der Waals surface area contributed by atoms with Crippen LogP contribution >= 0.6 is 0 Å². The first-order valence-corrected chi connectivity index (χ1v) is 11.9. The maximum absolute atomic E-state index is 12.8. The van der Waals surface area contributed by atoms with E-state index >= 15 is 0 Å². The lowest BCUT2D eigenvalue weighted by Gasteiger charge is -2.13. The molecule has 0 heterocycles. The van der Waals surface area contributed by atoms with Crippen LogP contribution < -0.4 is 14.8 Å². The summed E-state index contributed by atoms with van der Waals surface area (Å²) in [4.78, 5) is 12.3. The predicted molar refractivity (Wildman–Crippen MR) is 128 cm³/mol. The Bertz CT molecular complexity index is 1220. The third-order valence-corrected chi connectivity index (χ3v) is 6.60. The van der Waals surface area contributed by atoms with Crippen molar-refractivity contribution in [1.29, 1.82) is 0 Å².